The average Bonchev–Trinajstić information content (AvgIpc) is 2.69. The van der Waals surface area contributed by atoms with Crippen molar-refractivity contribution in [1.82, 2.24) is 15.1 Å². The van der Waals surface area contributed by atoms with Gasteiger partial charge >= 0.3 is 0 Å². The van der Waals surface area contributed by atoms with Gasteiger partial charge in [-0.25, -0.2) is 4.68 Å². The summed E-state index contributed by atoms with van der Waals surface area (Å²) in [6.07, 6.45) is 0. The van der Waals surface area contributed by atoms with E-state index in [1.54, 1.807) is 11.8 Å². The van der Waals surface area contributed by atoms with Crippen LogP contribution in [-0.4, -0.2) is 16.9 Å². The van der Waals surface area contributed by atoms with Crippen LogP contribution in [0.15, 0.2) is 28.7 Å². The number of halogens is 1. The van der Waals surface area contributed by atoms with Gasteiger partial charge in [0.25, 0.3) is 0 Å². The minimum atomic E-state index is 0.261. The molecular weight excluding hydrogens is 318 g/mol. The van der Waals surface area contributed by atoms with Crippen LogP contribution in [0.4, 0.5) is 0 Å². The van der Waals surface area contributed by atoms with E-state index in [9.17, 15) is 0 Å². The summed E-state index contributed by atoms with van der Waals surface area (Å²) in [5.41, 5.74) is 3.36. The van der Waals surface area contributed by atoms with Crippen molar-refractivity contribution in [1.29, 1.82) is 0 Å². The van der Waals surface area contributed by atoms with Gasteiger partial charge in [0, 0.05) is 24.1 Å². The average molecular weight is 338 g/mol. The van der Waals surface area contributed by atoms with Crippen molar-refractivity contribution in [3.8, 4) is 5.88 Å². The van der Waals surface area contributed by atoms with Crippen LogP contribution >= 0.6 is 15.9 Å². The molecule has 0 unspecified atom stereocenters. The topological polar surface area (TPSA) is 39.1 Å². The van der Waals surface area contributed by atoms with Crippen molar-refractivity contribution in [3.63, 3.8) is 0 Å². The predicted octanol–water partition coefficient (Wildman–Crippen LogP) is 3.35. The van der Waals surface area contributed by atoms with Gasteiger partial charge in [-0.05, 0) is 31.5 Å². The molecule has 0 radical (unpaired) electrons. The molecule has 20 heavy (non-hydrogen) atoms. The first kappa shape index (κ1) is 15.1. The van der Waals surface area contributed by atoms with Gasteiger partial charge in [0.05, 0.1) is 18.4 Å². The van der Waals surface area contributed by atoms with Gasteiger partial charge in [-0.15, -0.1) is 0 Å². The number of rotatable bonds is 5. The van der Waals surface area contributed by atoms with E-state index in [1.807, 2.05) is 26.1 Å². The number of hydrogen-bond donors (Lipinski definition) is 1. The molecule has 0 bridgehead atoms. The summed E-state index contributed by atoms with van der Waals surface area (Å²) in [5, 5.41) is 7.91. The van der Waals surface area contributed by atoms with Crippen molar-refractivity contribution in [3.05, 3.63) is 45.6 Å². The smallest absolute Gasteiger partial charge is 0.216 e. The molecule has 0 fully saturated rings. The van der Waals surface area contributed by atoms with Crippen LogP contribution in [0.5, 0.6) is 5.88 Å². The van der Waals surface area contributed by atoms with E-state index < -0.39 is 0 Å². The molecule has 5 heteroatoms. The third-order valence-corrected chi connectivity index (χ3v) is 3.91. The Hall–Kier alpha value is -1.33. The maximum Gasteiger partial charge on any atom is 0.216 e. The Bertz CT molecular complexity index is 595. The molecule has 108 valence electrons. The van der Waals surface area contributed by atoms with E-state index in [4.69, 9.17) is 4.74 Å². The number of ether oxygens (including phenoxy) is 1. The van der Waals surface area contributed by atoms with E-state index in [-0.39, 0.29) is 6.04 Å². The first-order chi connectivity index (χ1) is 9.52. The van der Waals surface area contributed by atoms with E-state index in [1.165, 1.54) is 5.56 Å². The van der Waals surface area contributed by atoms with Gasteiger partial charge in [-0.3, -0.25) is 0 Å². The van der Waals surface area contributed by atoms with Crippen molar-refractivity contribution in [2.24, 2.45) is 7.05 Å². The molecule has 0 saturated carbocycles. The van der Waals surface area contributed by atoms with Crippen molar-refractivity contribution in [2.45, 2.75) is 26.4 Å². The molecule has 0 aliphatic rings. The number of hydrogen-bond acceptors (Lipinski definition) is 3. The second-order valence-electron chi connectivity index (χ2n) is 4.85. The molecule has 2 rings (SSSR count). The molecule has 0 aliphatic carbocycles. The lowest BCUT2D eigenvalue weighted by Crippen LogP contribution is -2.18. The van der Waals surface area contributed by atoms with E-state index in [0.717, 1.165) is 28.2 Å². The summed E-state index contributed by atoms with van der Waals surface area (Å²) in [7, 11) is 3.57. The number of nitrogens with zero attached hydrogens (tertiary/aromatic N) is 2. The minimum Gasteiger partial charge on any atom is -0.481 e. The molecule has 0 amide bonds. The zero-order valence-electron chi connectivity index (χ0n) is 12.3. The minimum absolute atomic E-state index is 0.261. The zero-order chi connectivity index (χ0) is 14.7. The highest BCUT2D eigenvalue weighted by Gasteiger charge is 2.14. The van der Waals surface area contributed by atoms with Gasteiger partial charge in [0.2, 0.25) is 5.88 Å². The summed E-state index contributed by atoms with van der Waals surface area (Å²) >= 11 is 3.50. The number of aromatic nitrogens is 2. The number of methoxy groups -OCH3 is 1. The maximum absolute atomic E-state index is 5.41. The second-order valence-corrected chi connectivity index (χ2v) is 5.77. The van der Waals surface area contributed by atoms with Crippen LogP contribution in [-0.2, 0) is 13.6 Å². The molecule has 1 aromatic carbocycles. The maximum atomic E-state index is 5.41. The van der Waals surface area contributed by atoms with Crippen LogP contribution in [0.1, 0.15) is 29.8 Å². The van der Waals surface area contributed by atoms with Gasteiger partial charge in [-0.1, -0.05) is 28.1 Å². The molecule has 0 aliphatic heterocycles. The molecule has 1 aromatic heterocycles. The van der Waals surface area contributed by atoms with Crippen LogP contribution in [0.3, 0.4) is 0 Å². The fraction of sp³-hybridized carbons (Fsp3) is 0.400. The second kappa shape index (κ2) is 6.41. The summed E-state index contributed by atoms with van der Waals surface area (Å²) in [5.74, 6) is 0.816. The Kier molecular flexibility index (Phi) is 4.83. The van der Waals surface area contributed by atoms with Crippen LogP contribution in [0.25, 0.3) is 0 Å². The van der Waals surface area contributed by atoms with Crippen LogP contribution in [0.2, 0.25) is 0 Å². The highest BCUT2D eigenvalue weighted by Crippen LogP contribution is 2.23. The highest BCUT2D eigenvalue weighted by molar-refractivity contribution is 9.10. The summed E-state index contributed by atoms with van der Waals surface area (Å²) in [6.45, 7) is 4.89. The summed E-state index contributed by atoms with van der Waals surface area (Å²) < 4.78 is 8.28. The Morgan fingerprint density at radius 3 is 2.85 bits per heavy atom. The van der Waals surface area contributed by atoms with Gasteiger partial charge < -0.3 is 10.1 Å². The van der Waals surface area contributed by atoms with Crippen molar-refractivity contribution in [2.75, 3.05) is 7.11 Å². The molecular formula is C15H20BrN3O. The first-order valence-electron chi connectivity index (χ1n) is 6.58. The lowest BCUT2D eigenvalue weighted by Gasteiger charge is -2.15. The van der Waals surface area contributed by atoms with Crippen LogP contribution < -0.4 is 10.1 Å². The zero-order valence-corrected chi connectivity index (χ0v) is 13.9. The molecule has 2 aromatic rings. The van der Waals surface area contributed by atoms with Crippen LogP contribution in [0, 0.1) is 6.92 Å². The number of benzene rings is 1. The fourth-order valence-electron chi connectivity index (χ4n) is 2.29. The SMILES string of the molecule is COc1c(CN[C@H](C)c2cccc(Br)c2)c(C)nn1C. The highest BCUT2D eigenvalue weighted by atomic mass is 79.9. The van der Waals surface area contributed by atoms with Crippen molar-refractivity contribution >= 4 is 15.9 Å². The summed E-state index contributed by atoms with van der Waals surface area (Å²) in [6, 6.07) is 8.59. The number of nitrogens with one attached hydrogen (secondary N) is 1. The molecule has 1 atom stereocenters. The third-order valence-electron chi connectivity index (χ3n) is 3.42. The van der Waals surface area contributed by atoms with Gasteiger partial charge in [0.15, 0.2) is 0 Å². The summed E-state index contributed by atoms with van der Waals surface area (Å²) in [4.78, 5) is 0. The largest absolute Gasteiger partial charge is 0.481 e. The molecule has 0 saturated heterocycles. The van der Waals surface area contributed by atoms with Gasteiger partial charge in [-0.2, -0.15) is 5.10 Å². The monoisotopic (exact) mass is 337 g/mol. The van der Waals surface area contributed by atoms with Gasteiger partial charge in [0.1, 0.15) is 0 Å². The number of aryl methyl sites for hydroxylation is 2. The quantitative estimate of drug-likeness (QED) is 0.909. The van der Waals surface area contributed by atoms with Crippen molar-refractivity contribution < 1.29 is 4.74 Å². The Morgan fingerprint density at radius 2 is 2.20 bits per heavy atom. The standard InChI is InChI=1S/C15H20BrN3O/c1-10(12-6-5-7-13(16)8-12)17-9-14-11(2)18-19(3)15(14)20-4/h5-8,10,17H,9H2,1-4H3/t10-/m1/s1. The van der Waals surface area contributed by atoms with E-state index in [2.05, 4.69) is 45.4 Å². The fourth-order valence-corrected chi connectivity index (χ4v) is 2.71. The lowest BCUT2D eigenvalue weighted by molar-refractivity contribution is 0.367. The lowest BCUT2D eigenvalue weighted by atomic mass is 10.1. The normalized spacial score (nSPS) is 12.4. The third kappa shape index (κ3) is 3.22. The first-order valence-corrected chi connectivity index (χ1v) is 7.37. The molecule has 1 heterocycles. The van der Waals surface area contributed by atoms with E-state index >= 15 is 0 Å². The molecule has 4 nitrogen and oxygen atoms in total. The van der Waals surface area contributed by atoms with E-state index in [0.29, 0.717) is 0 Å². The Balaban J connectivity index is 2.09. The Morgan fingerprint density at radius 1 is 1.45 bits per heavy atom. The Labute approximate surface area is 128 Å². The molecule has 1 N–H and O–H groups in total. The molecule has 0 spiro atoms. The predicted molar refractivity (Wildman–Crippen MR) is 83.9 cm³/mol.